The van der Waals surface area contributed by atoms with E-state index in [1.807, 2.05) is 24.3 Å². The number of imidazole rings is 1. The smallest absolute Gasteiger partial charge is 0.124 e. The van der Waals surface area contributed by atoms with Crippen molar-refractivity contribution in [3.8, 4) is 0 Å². The van der Waals surface area contributed by atoms with E-state index in [9.17, 15) is 4.39 Å². The van der Waals surface area contributed by atoms with Gasteiger partial charge in [0.1, 0.15) is 5.82 Å². The first-order valence-corrected chi connectivity index (χ1v) is 6.37. The molecule has 4 heteroatoms. The highest BCUT2D eigenvalue weighted by Crippen LogP contribution is 2.48. The fourth-order valence-electron chi connectivity index (χ4n) is 2.25. The van der Waals surface area contributed by atoms with Crippen LogP contribution in [-0.4, -0.2) is 16.2 Å². The van der Waals surface area contributed by atoms with Crippen molar-refractivity contribution in [3.63, 3.8) is 0 Å². The highest BCUT2D eigenvalue weighted by atomic mass is 35.5. The zero-order chi connectivity index (χ0) is 11.9. The molecule has 1 saturated carbocycles. The van der Waals surface area contributed by atoms with E-state index in [1.165, 1.54) is 0 Å². The lowest BCUT2D eigenvalue weighted by atomic mass is 10.1. The number of para-hydroxylation sites is 2. The van der Waals surface area contributed by atoms with Crippen LogP contribution in [0, 0.1) is 5.41 Å². The van der Waals surface area contributed by atoms with Gasteiger partial charge in [-0.3, -0.25) is 4.39 Å². The van der Waals surface area contributed by atoms with Crippen LogP contribution < -0.4 is 0 Å². The van der Waals surface area contributed by atoms with E-state index in [-0.39, 0.29) is 12.1 Å². The standard InChI is InChI=1S/C13H14ClFN2/c14-7-12-16-10-3-1-2-4-11(10)17(12)9-13(8-15)5-6-13/h1-4H,5-9H2. The van der Waals surface area contributed by atoms with Crippen LogP contribution in [-0.2, 0) is 12.4 Å². The fourth-order valence-corrected chi connectivity index (χ4v) is 2.45. The van der Waals surface area contributed by atoms with Crippen molar-refractivity contribution in [2.75, 3.05) is 6.67 Å². The van der Waals surface area contributed by atoms with Crippen molar-refractivity contribution in [1.29, 1.82) is 0 Å². The van der Waals surface area contributed by atoms with Gasteiger partial charge in [0.05, 0.1) is 23.6 Å². The van der Waals surface area contributed by atoms with Crippen molar-refractivity contribution in [2.45, 2.75) is 25.3 Å². The zero-order valence-electron chi connectivity index (χ0n) is 9.50. The van der Waals surface area contributed by atoms with Crippen LogP contribution >= 0.6 is 11.6 Å². The first kappa shape index (κ1) is 11.0. The zero-order valence-corrected chi connectivity index (χ0v) is 10.3. The molecule has 2 nitrogen and oxygen atoms in total. The molecular formula is C13H14ClFN2. The van der Waals surface area contributed by atoms with Gasteiger partial charge in [0.15, 0.2) is 0 Å². The molecule has 0 saturated heterocycles. The molecule has 0 N–H and O–H groups in total. The number of aromatic nitrogens is 2. The first-order chi connectivity index (χ1) is 8.28. The van der Waals surface area contributed by atoms with E-state index < -0.39 is 0 Å². The molecule has 0 spiro atoms. The van der Waals surface area contributed by atoms with Crippen LogP contribution in [0.3, 0.4) is 0 Å². The van der Waals surface area contributed by atoms with Crippen molar-refractivity contribution in [2.24, 2.45) is 5.41 Å². The molecule has 0 radical (unpaired) electrons. The van der Waals surface area contributed by atoms with Crippen LogP contribution in [0.4, 0.5) is 4.39 Å². The van der Waals surface area contributed by atoms with E-state index in [1.54, 1.807) is 0 Å². The van der Waals surface area contributed by atoms with Crippen LogP contribution in [0.2, 0.25) is 0 Å². The molecule has 90 valence electrons. The molecule has 0 atom stereocenters. The van der Waals surface area contributed by atoms with Crippen molar-refractivity contribution in [1.82, 2.24) is 9.55 Å². The minimum absolute atomic E-state index is 0.149. The third kappa shape index (κ3) is 1.82. The third-order valence-electron chi connectivity index (χ3n) is 3.59. The Morgan fingerprint density at radius 2 is 2.12 bits per heavy atom. The summed E-state index contributed by atoms with van der Waals surface area (Å²) in [5, 5.41) is 0. The second-order valence-corrected chi connectivity index (χ2v) is 5.14. The van der Waals surface area contributed by atoms with E-state index in [2.05, 4.69) is 9.55 Å². The van der Waals surface area contributed by atoms with E-state index in [0.29, 0.717) is 12.4 Å². The van der Waals surface area contributed by atoms with Crippen molar-refractivity contribution >= 4 is 22.6 Å². The summed E-state index contributed by atoms with van der Waals surface area (Å²) >= 11 is 5.92. The van der Waals surface area contributed by atoms with Gasteiger partial charge in [-0.1, -0.05) is 12.1 Å². The Balaban J connectivity index is 2.06. The Morgan fingerprint density at radius 1 is 1.35 bits per heavy atom. The maximum absolute atomic E-state index is 13.0. The summed E-state index contributed by atoms with van der Waals surface area (Å²) in [6.45, 7) is 0.452. The molecule has 1 fully saturated rings. The predicted octanol–water partition coefficient (Wildman–Crippen LogP) is 3.52. The molecule has 1 aliphatic rings. The highest BCUT2D eigenvalue weighted by molar-refractivity contribution is 6.16. The van der Waals surface area contributed by atoms with Gasteiger partial charge in [-0.2, -0.15) is 0 Å². The Morgan fingerprint density at radius 3 is 2.76 bits per heavy atom. The topological polar surface area (TPSA) is 17.8 Å². The number of halogens is 2. The number of rotatable bonds is 4. The molecule has 0 bridgehead atoms. The van der Waals surface area contributed by atoms with Gasteiger partial charge < -0.3 is 4.57 Å². The molecule has 2 aromatic rings. The van der Waals surface area contributed by atoms with Crippen LogP contribution in [0.15, 0.2) is 24.3 Å². The van der Waals surface area contributed by atoms with Gasteiger partial charge >= 0.3 is 0 Å². The van der Waals surface area contributed by atoms with Crippen LogP contribution in [0.1, 0.15) is 18.7 Å². The number of alkyl halides is 2. The second kappa shape index (κ2) is 3.98. The number of hydrogen-bond acceptors (Lipinski definition) is 1. The molecule has 0 unspecified atom stereocenters. The normalized spacial score (nSPS) is 17.5. The molecular weight excluding hydrogens is 239 g/mol. The summed E-state index contributed by atoms with van der Waals surface area (Å²) in [7, 11) is 0. The maximum atomic E-state index is 13.0. The lowest BCUT2D eigenvalue weighted by molar-refractivity contribution is 0.306. The van der Waals surface area contributed by atoms with Gasteiger partial charge in [-0.25, -0.2) is 4.98 Å². The first-order valence-electron chi connectivity index (χ1n) is 5.84. The fraction of sp³-hybridized carbons (Fsp3) is 0.462. The largest absolute Gasteiger partial charge is 0.326 e. The van der Waals surface area contributed by atoms with Crippen LogP contribution in [0.5, 0.6) is 0 Å². The number of hydrogen-bond donors (Lipinski definition) is 0. The molecule has 1 aromatic carbocycles. The Bertz CT molecular complexity index is 545. The summed E-state index contributed by atoms with van der Waals surface area (Å²) in [5.74, 6) is 1.21. The molecule has 3 rings (SSSR count). The summed E-state index contributed by atoms with van der Waals surface area (Å²) in [4.78, 5) is 4.49. The summed E-state index contributed by atoms with van der Waals surface area (Å²) in [5.41, 5.74) is 1.85. The molecule has 1 aromatic heterocycles. The summed E-state index contributed by atoms with van der Waals surface area (Å²) < 4.78 is 15.1. The average molecular weight is 253 g/mol. The Kier molecular flexibility index (Phi) is 2.58. The number of benzene rings is 1. The lowest BCUT2D eigenvalue weighted by Crippen LogP contribution is -2.15. The van der Waals surface area contributed by atoms with E-state index in [0.717, 1.165) is 29.7 Å². The third-order valence-corrected chi connectivity index (χ3v) is 3.83. The second-order valence-electron chi connectivity index (χ2n) is 4.87. The minimum Gasteiger partial charge on any atom is -0.326 e. The monoisotopic (exact) mass is 252 g/mol. The lowest BCUT2D eigenvalue weighted by Gasteiger charge is -2.14. The minimum atomic E-state index is -0.249. The Labute approximate surface area is 104 Å². The van der Waals surface area contributed by atoms with Crippen LogP contribution in [0.25, 0.3) is 11.0 Å². The molecule has 0 amide bonds. The van der Waals surface area contributed by atoms with Gasteiger partial charge in [0, 0.05) is 12.0 Å². The van der Waals surface area contributed by atoms with Crippen molar-refractivity contribution < 1.29 is 4.39 Å². The van der Waals surface area contributed by atoms with Gasteiger partial charge in [-0.15, -0.1) is 11.6 Å². The Hall–Kier alpha value is -1.09. The van der Waals surface area contributed by atoms with Crippen molar-refractivity contribution in [3.05, 3.63) is 30.1 Å². The molecule has 17 heavy (non-hydrogen) atoms. The quantitative estimate of drug-likeness (QED) is 0.762. The maximum Gasteiger partial charge on any atom is 0.124 e. The van der Waals surface area contributed by atoms with E-state index in [4.69, 9.17) is 11.6 Å². The molecule has 1 aliphatic carbocycles. The number of nitrogens with zero attached hydrogens (tertiary/aromatic N) is 2. The molecule has 1 heterocycles. The van der Waals surface area contributed by atoms with Gasteiger partial charge in [-0.05, 0) is 25.0 Å². The summed E-state index contributed by atoms with van der Waals surface area (Å²) in [6, 6.07) is 7.93. The SMILES string of the molecule is FCC1(Cn2c(CCl)nc3ccccc32)CC1. The van der Waals surface area contributed by atoms with E-state index >= 15 is 0 Å². The van der Waals surface area contributed by atoms with Gasteiger partial charge in [0.2, 0.25) is 0 Å². The number of fused-ring (bicyclic) bond motifs is 1. The molecule has 0 aliphatic heterocycles. The average Bonchev–Trinajstić information content (AvgIpc) is 3.06. The predicted molar refractivity (Wildman–Crippen MR) is 66.9 cm³/mol. The summed E-state index contributed by atoms with van der Waals surface area (Å²) in [6.07, 6.45) is 1.94. The van der Waals surface area contributed by atoms with Gasteiger partial charge in [0.25, 0.3) is 0 Å². The highest BCUT2D eigenvalue weighted by Gasteiger charge is 2.43.